The number of unbranched alkanes of at least 4 members (excludes halogenated alkanes) is 13. The van der Waals surface area contributed by atoms with E-state index in [0.29, 0.717) is 23.9 Å². The number of esters is 2. The molecule has 0 spiro atoms. The molecule has 102 heavy (non-hydrogen) atoms. The molecule has 0 saturated carbocycles. The third-order valence-corrected chi connectivity index (χ3v) is 16.5. The zero-order chi connectivity index (χ0) is 74.0. The van der Waals surface area contributed by atoms with Crippen LogP contribution < -0.4 is 0 Å². The fourth-order valence-corrected chi connectivity index (χ4v) is 10.4. The van der Waals surface area contributed by atoms with Crippen LogP contribution >= 0.6 is 7.82 Å². The standard InChI is InChI=1S/C92H142NO8P/c1-6-8-10-12-14-16-18-20-22-24-26-28-30-32-34-36-38-40-42-44-46-48-50-52-54-56-58-60-62-64-66-68-70-72-74-76-78-80-82-84-91(94)98-88-90(89-100-102(96,97)99-87-86-93(3,4)5)101-92(95)85-83-81-79-77-75-73-71-69-67-65-63-61-59-57-55-53-51-49-47-45-43-41-39-37-35-33-31-29-27-25-23-21-19-17-15-13-11-9-7-2/h8-11,14-17,20-23,26-29,32-35,38-41,44-47,50-53,56-59,62-65,69,71,90H,6-7,12-13,18-19,24-25,30-31,36-37,42-43,48-49,54-55,60-61,66-68,70,72-89H2,1-5H3/p+1/b10-8-,11-9-,16-14-,17-15-,22-20-,23-21-,28-26-,29-27-,34-32-,35-33-,40-38-,41-39-,46-44-,47-45-,52-50-,53-51-,58-56-,59-57-,64-62-,65-63-,71-69-. The molecule has 0 amide bonds. The molecular formula is C92H143NO8P+. The maximum Gasteiger partial charge on any atom is 0.472 e. The highest BCUT2D eigenvalue weighted by atomic mass is 31.2. The maximum absolute atomic E-state index is 12.9. The molecule has 0 bridgehead atoms. The van der Waals surface area contributed by atoms with Crippen LogP contribution in [0.15, 0.2) is 255 Å². The van der Waals surface area contributed by atoms with Gasteiger partial charge in [0.1, 0.15) is 19.8 Å². The Morgan fingerprint density at radius 2 is 0.529 bits per heavy atom. The molecule has 0 fully saturated rings. The predicted molar refractivity (Wildman–Crippen MR) is 444 cm³/mol. The number of phosphoric ester groups is 1. The summed E-state index contributed by atoms with van der Waals surface area (Å²) in [7, 11) is 1.42. The molecule has 0 heterocycles. The van der Waals surface area contributed by atoms with Gasteiger partial charge in [0.2, 0.25) is 0 Å². The number of carbonyl (C=O) groups is 2. The summed E-state index contributed by atoms with van der Waals surface area (Å²) in [5, 5.41) is 0. The number of likely N-dealkylation sites (N-methyl/N-ethyl adjacent to an activating group) is 1. The van der Waals surface area contributed by atoms with Crippen molar-refractivity contribution in [3.8, 4) is 0 Å². The van der Waals surface area contributed by atoms with Crippen LogP contribution in [0.5, 0.6) is 0 Å². The van der Waals surface area contributed by atoms with Crippen molar-refractivity contribution in [2.75, 3.05) is 47.5 Å². The Balaban J connectivity index is 4.18. The van der Waals surface area contributed by atoms with Crippen LogP contribution in [0.2, 0.25) is 0 Å². The van der Waals surface area contributed by atoms with Crippen LogP contribution in [-0.4, -0.2) is 74.9 Å². The normalized spacial score (nSPS) is 14.5. The van der Waals surface area contributed by atoms with E-state index in [0.717, 1.165) is 193 Å². The van der Waals surface area contributed by atoms with Gasteiger partial charge in [0, 0.05) is 12.8 Å². The molecule has 0 aromatic carbocycles. The molecule has 9 nitrogen and oxygen atoms in total. The molecule has 0 aliphatic carbocycles. The molecule has 0 saturated heterocycles. The van der Waals surface area contributed by atoms with Gasteiger partial charge in [-0.05, 0) is 173 Å². The minimum Gasteiger partial charge on any atom is -0.462 e. The van der Waals surface area contributed by atoms with Gasteiger partial charge in [0.25, 0.3) is 0 Å². The van der Waals surface area contributed by atoms with Gasteiger partial charge in [0.15, 0.2) is 6.10 Å². The van der Waals surface area contributed by atoms with Crippen LogP contribution in [0, 0.1) is 0 Å². The first-order valence-electron chi connectivity index (χ1n) is 39.4. The second kappa shape index (κ2) is 78.7. The molecule has 0 aliphatic rings. The highest BCUT2D eigenvalue weighted by molar-refractivity contribution is 7.47. The summed E-state index contributed by atoms with van der Waals surface area (Å²) in [6, 6.07) is 0. The third kappa shape index (κ3) is 82.5. The number of hydrogen-bond donors (Lipinski definition) is 1. The van der Waals surface area contributed by atoms with Crippen molar-refractivity contribution in [3.63, 3.8) is 0 Å². The predicted octanol–water partition coefficient (Wildman–Crippen LogP) is 26.8. The lowest BCUT2D eigenvalue weighted by Crippen LogP contribution is -2.37. The Morgan fingerprint density at radius 3 is 0.784 bits per heavy atom. The van der Waals surface area contributed by atoms with Crippen LogP contribution in [0.25, 0.3) is 0 Å². The number of hydrogen-bond acceptors (Lipinski definition) is 7. The summed E-state index contributed by atoms with van der Waals surface area (Å²) in [6.07, 6.45) is 130. The molecular weight excluding hydrogens is 1280 g/mol. The lowest BCUT2D eigenvalue weighted by atomic mass is 10.1. The van der Waals surface area contributed by atoms with E-state index in [2.05, 4.69) is 269 Å². The van der Waals surface area contributed by atoms with Gasteiger partial charge in [-0.15, -0.1) is 0 Å². The summed E-state index contributed by atoms with van der Waals surface area (Å²) in [4.78, 5) is 36.0. The van der Waals surface area contributed by atoms with Crippen molar-refractivity contribution >= 4 is 19.8 Å². The molecule has 1 N–H and O–H groups in total. The van der Waals surface area contributed by atoms with Gasteiger partial charge in [-0.1, -0.05) is 327 Å². The number of allylic oxidation sites excluding steroid dienone is 42. The third-order valence-electron chi connectivity index (χ3n) is 15.6. The SMILES string of the molecule is CC/C=C\C/C=C\C/C=C\C/C=C\C/C=C\C/C=C\C/C=C\C/C=C\C/C=C\C/C=C\C/C=C\CCCCCCCC(=O)OC(COC(=O)CCCCCCCCCC/C=C\C/C=C\C/C=C\C/C=C\C/C=C\C/C=C\C/C=C\C/C=C\C/C=C\C/C=C\CC)COP(=O)(O)OCC[N+](C)(C)C. The zero-order valence-corrected chi connectivity index (χ0v) is 65.6. The van der Waals surface area contributed by atoms with Gasteiger partial charge in [-0.3, -0.25) is 18.6 Å². The largest absolute Gasteiger partial charge is 0.472 e. The molecule has 0 rings (SSSR count). The van der Waals surface area contributed by atoms with E-state index in [4.69, 9.17) is 18.5 Å². The van der Waals surface area contributed by atoms with Crippen molar-refractivity contribution < 1.29 is 42.1 Å². The summed E-state index contributed by atoms with van der Waals surface area (Å²) in [5.41, 5.74) is 0. The second-order valence-electron chi connectivity index (χ2n) is 26.3. The van der Waals surface area contributed by atoms with E-state index in [1.54, 1.807) is 0 Å². The van der Waals surface area contributed by atoms with E-state index < -0.39 is 32.5 Å². The van der Waals surface area contributed by atoms with Crippen LogP contribution in [0.3, 0.4) is 0 Å². The highest BCUT2D eigenvalue weighted by Gasteiger charge is 2.27. The van der Waals surface area contributed by atoms with E-state index in [1.165, 1.54) is 25.7 Å². The van der Waals surface area contributed by atoms with E-state index in [9.17, 15) is 19.0 Å². The number of ether oxygens (including phenoxy) is 2. The fourth-order valence-electron chi connectivity index (χ4n) is 9.64. The Kier molecular flexibility index (Phi) is 73.7. The minimum atomic E-state index is -4.42. The average Bonchev–Trinajstić information content (AvgIpc) is 0.914. The van der Waals surface area contributed by atoms with Gasteiger partial charge in [-0.2, -0.15) is 0 Å². The zero-order valence-electron chi connectivity index (χ0n) is 64.7. The van der Waals surface area contributed by atoms with Gasteiger partial charge < -0.3 is 18.9 Å². The number of phosphoric acid groups is 1. The first-order valence-corrected chi connectivity index (χ1v) is 40.9. The second-order valence-corrected chi connectivity index (χ2v) is 27.7. The number of quaternary nitrogens is 1. The molecule has 2 unspecified atom stereocenters. The first kappa shape index (κ1) is 95.5. The van der Waals surface area contributed by atoms with E-state index in [1.807, 2.05) is 21.1 Å². The van der Waals surface area contributed by atoms with Crippen LogP contribution in [0.4, 0.5) is 0 Å². The van der Waals surface area contributed by atoms with Crippen LogP contribution in [-0.2, 0) is 32.7 Å². The molecule has 0 aromatic rings. The molecule has 568 valence electrons. The van der Waals surface area contributed by atoms with Gasteiger partial charge in [-0.25, -0.2) is 4.57 Å². The Morgan fingerprint density at radius 1 is 0.304 bits per heavy atom. The Labute approximate surface area is 625 Å². The van der Waals surface area contributed by atoms with Crippen molar-refractivity contribution in [3.05, 3.63) is 255 Å². The first-order chi connectivity index (χ1) is 50.0. The quantitative estimate of drug-likeness (QED) is 0.0211. The summed E-state index contributed by atoms with van der Waals surface area (Å²) in [6.45, 7) is 4.14. The monoisotopic (exact) mass is 1420 g/mol. The topological polar surface area (TPSA) is 108 Å². The van der Waals surface area contributed by atoms with Gasteiger partial charge in [0.05, 0.1) is 27.7 Å². The van der Waals surface area contributed by atoms with Crippen molar-refractivity contribution in [2.24, 2.45) is 0 Å². The number of rotatable bonds is 69. The summed E-state index contributed by atoms with van der Waals surface area (Å²) in [5.74, 6) is -0.848. The minimum absolute atomic E-state index is 0.0121. The molecule has 0 radical (unpaired) electrons. The highest BCUT2D eigenvalue weighted by Crippen LogP contribution is 2.43. The fraction of sp³-hybridized carbons (Fsp3) is 0.522. The number of nitrogens with zero attached hydrogens (tertiary/aromatic N) is 1. The van der Waals surface area contributed by atoms with Crippen molar-refractivity contribution in [1.82, 2.24) is 0 Å². The molecule has 2 atom stereocenters. The lowest BCUT2D eigenvalue weighted by Gasteiger charge is -2.24. The summed E-state index contributed by atoms with van der Waals surface area (Å²) >= 11 is 0. The molecule has 0 aromatic heterocycles. The molecule has 10 heteroatoms. The van der Waals surface area contributed by atoms with Crippen molar-refractivity contribution in [1.29, 1.82) is 0 Å². The Hall–Kier alpha value is -6.45. The summed E-state index contributed by atoms with van der Waals surface area (Å²) < 4.78 is 34.7. The van der Waals surface area contributed by atoms with Crippen molar-refractivity contribution in [2.45, 2.75) is 264 Å². The molecule has 0 aliphatic heterocycles. The average molecular weight is 1420 g/mol. The maximum atomic E-state index is 12.9. The van der Waals surface area contributed by atoms with Gasteiger partial charge >= 0.3 is 19.8 Å². The van der Waals surface area contributed by atoms with Crippen LogP contribution in [0.1, 0.15) is 258 Å². The smallest absolute Gasteiger partial charge is 0.462 e. The van der Waals surface area contributed by atoms with E-state index in [-0.39, 0.29) is 26.1 Å². The number of carbonyl (C=O) groups excluding carboxylic acids is 2. The van der Waals surface area contributed by atoms with E-state index >= 15 is 0 Å². The Bertz CT molecular complexity index is 2680. The lowest BCUT2D eigenvalue weighted by molar-refractivity contribution is -0.870.